The molecule has 3 nitrogen and oxygen atoms in total. The lowest BCUT2D eigenvalue weighted by atomic mass is 10.2. The highest BCUT2D eigenvalue weighted by Crippen LogP contribution is 2.31. The maximum Gasteiger partial charge on any atom is 0.335 e. The van der Waals surface area contributed by atoms with Crippen LogP contribution in [0.1, 0.15) is 16.8 Å². The molecule has 0 bridgehead atoms. The largest absolute Gasteiger partial charge is 0.478 e. The van der Waals surface area contributed by atoms with Crippen LogP contribution in [0.25, 0.3) is 0 Å². The summed E-state index contributed by atoms with van der Waals surface area (Å²) in [5.74, 6) is -1.41. The van der Waals surface area contributed by atoms with Crippen molar-refractivity contribution in [3.63, 3.8) is 0 Å². The second-order valence-electron chi connectivity index (χ2n) is 3.55. The fraction of sp³-hybridized carbons (Fsp3) is 0.364. The molecular formula is C11H11FO3S. The summed E-state index contributed by atoms with van der Waals surface area (Å²) < 4.78 is 18.6. The van der Waals surface area contributed by atoms with E-state index in [-0.39, 0.29) is 16.6 Å². The first-order valence-electron chi connectivity index (χ1n) is 4.94. The van der Waals surface area contributed by atoms with E-state index in [2.05, 4.69) is 0 Å². The van der Waals surface area contributed by atoms with Crippen molar-refractivity contribution in [1.82, 2.24) is 0 Å². The summed E-state index contributed by atoms with van der Waals surface area (Å²) in [7, 11) is 0. The van der Waals surface area contributed by atoms with Gasteiger partial charge >= 0.3 is 5.97 Å². The van der Waals surface area contributed by atoms with Crippen molar-refractivity contribution in [2.24, 2.45) is 0 Å². The van der Waals surface area contributed by atoms with Gasteiger partial charge < -0.3 is 9.84 Å². The summed E-state index contributed by atoms with van der Waals surface area (Å²) in [4.78, 5) is 11.1. The van der Waals surface area contributed by atoms with Crippen LogP contribution < -0.4 is 0 Å². The molecule has 1 N–H and O–H groups in total. The van der Waals surface area contributed by atoms with Crippen molar-refractivity contribution >= 4 is 17.7 Å². The number of halogens is 1. The predicted octanol–water partition coefficient (Wildman–Crippen LogP) is 2.40. The zero-order chi connectivity index (χ0) is 11.5. The van der Waals surface area contributed by atoms with E-state index < -0.39 is 5.97 Å². The first-order chi connectivity index (χ1) is 7.66. The summed E-state index contributed by atoms with van der Waals surface area (Å²) in [5.41, 5.74) is 0.114. The Balaban J connectivity index is 2.17. The van der Waals surface area contributed by atoms with Crippen LogP contribution in [0.3, 0.4) is 0 Å². The molecule has 0 aliphatic carbocycles. The number of benzene rings is 1. The molecule has 1 heterocycles. The zero-order valence-electron chi connectivity index (χ0n) is 8.48. The van der Waals surface area contributed by atoms with Gasteiger partial charge in [-0.1, -0.05) is 0 Å². The van der Waals surface area contributed by atoms with Gasteiger partial charge in [-0.3, -0.25) is 0 Å². The Morgan fingerprint density at radius 3 is 3.00 bits per heavy atom. The molecule has 16 heavy (non-hydrogen) atoms. The molecule has 1 aliphatic rings. The Bertz CT molecular complexity index is 402. The molecule has 1 unspecified atom stereocenters. The average Bonchev–Trinajstić information content (AvgIpc) is 2.73. The molecule has 0 radical (unpaired) electrons. The number of ether oxygens (including phenoxy) is 1. The van der Waals surface area contributed by atoms with E-state index in [9.17, 15) is 9.18 Å². The summed E-state index contributed by atoms with van der Waals surface area (Å²) in [6.07, 6.45) is 0.876. The van der Waals surface area contributed by atoms with Crippen molar-refractivity contribution in [1.29, 1.82) is 0 Å². The number of thioether (sulfide) groups is 1. The van der Waals surface area contributed by atoms with E-state index in [0.29, 0.717) is 18.1 Å². The number of aromatic carboxylic acids is 1. The number of rotatable bonds is 3. The third kappa shape index (κ3) is 2.54. The van der Waals surface area contributed by atoms with E-state index >= 15 is 0 Å². The van der Waals surface area contributed by atoms with Crippen LogP contribution in [-0.2, 0) is 4.74 Å². The predicted molar refractivity (Wildman–Crippen MR) is 58.4 cm³/mol. The highest BCUT2D eigenvalue weighted by Gasteiger charge is 2.19. The Morgan fingerprint density at radius 2 is 2.38 bits per heavy atom. The van der Waals surface area contributed by atoms with Crippen LogP contribution in [-0.4, -0.2) is 29.5 Å². The molecule has 1 aromatic rings. The normalized spacial score (nSPS) is 19.9. The molecule has 86 valence electrons. The van der Waals surface area contributed by atoms with Gasteiger partial charge in [-0.2, -0.15) is 0 Å². The zero-order valence-corrected chi connectivity index (χ0v) is 9.30. The highest BCUT2D eigenvalue weighted by molar-refractivity contribution is 8.00. The molecule has 0 aromatic heterocycles. The number of hydrogen-bond acceptors (Lipinski definition) is 3. The van der Waals surface area contributed by atoms with Gasteiger partial charge in [-0.05, 0) is 24.6 Å². The number of carboxylic acids is 1. The standard InChI is InChI=1S/C11H11FO3S/c12-9-2-1-7(11(13)14)5-10(9)16-8-3-4-15-6-8/h1-2,5,8H,3-4,6H2,(H,13,14). The van der Waals surface area contributed by atoms with Crippen LogP contribution in [0.5, 0.6) is 0 Å². The van der Waals surface area contributed by atoms with E-state index in [1.54, 1.807) is 0 Å². The Hall–Kier alpha value is -1.07. The lowest BCUT2D eigenvalue weighted by Crippen LogP contribution is -2.03. The van der Waals surface area contributed by atoms with Crippen LogP contribution in [0.2, 0.25) is 0 Å². The van der Waals surface area contributed by atoms with E-state index in [1.807, 2.05) is 0 Å². The van der Waals surface area contributed by atoms with E-state index in [1.165, 1.54) is 30.0 Å². The van der Waals surface area contributed by atoms with Gasteiger partial charge in [0, 0.05) is 16.8 Å². The van der Waals surface area contributed by atoms with Gasteiger partial charge in [0.05, 0.1) is 12.2 Å². The SMILES string of the molecule is O=C(O)c1ccc(F)c(SC2CCOC2)c1. The lowest BCUT2D eigenvalue weighted by Gasteiger charge is -2.08. The Morgan fingerprint density at radius 1 is 1.56 bits per heavy atom. The minimum Gasteiger partial charge on any atom is -0.478 e. The first-order valence-corrected chi connectivity index (χ1v) is 5.82. The van der Waals surface area contributed by atoms with Crippen molar-refractivity contribution < 1.29 is 19.0 Å². The van der Waals surface area contributed by atoms with Crippen LogP contribution in [0.15, 0.2) is 23.1 Å². The highest BCUT2D eigenvalue weighted by atomic mass is 32.2. The number of hydrogen-bond donors (Lipinski definition) is 1. The van der Waals surface area contributed by atoms with Gasteiger partial charge in [0.15, 0.2) is 0 Å². The molecule has 1 aromatic carbocycles. The van der Waals surface area contributed by atoms with E-state index in [0.717, 1.165) is 6.42 Å². The smallest absolute Gasteiger partial charge is 0.335 e. The number of carbonyl (C=O) groups is 1. The molecule has 0 amide bonds. The molecule has 2 rings (SSSR count). The summed E-state index contributed by atoms with van der Waals surface area (Å²) in [6.45, 7) is 1.29. The summed E-state index contributed by atoms with van der Waals surface area (Å²) in [6, 6.07) is 3.84. The topological polar surface area (TPSA) is 46.5 Å². The van der Waals surface area contributed by atoms with Gasteiger partial charge in [0.1, 0.15) is 5.82 Å². The molecule has 0 spiro atoms. The molecule has 0 saturated carbocycles. The minimum atomic E-state index is -1.04. The van der Waals surface area contributed by atoms with Gasteiger partial charge in [0.2, 0.25) is 0 Å². The van der Waals surface area contributed by atoms with Crippen LogP contribution in [0, 0.1) is 5.82 Å². The van der Waals surface area contributed by atoms with Crippen LogP contribution in [0.4, 0.5) is 4.39 Å². The van der Waals surface area contributed by atoms with Crippen molar-refractivity contribution in [3.8, 4) is 0 Å². The molecule has 5 heteroatoms. The molecule has 1 aliphatic heterocycles. The Labute approximate surface area is 96.6 Å². The molecule has 1 atom stereocenters. The molecular weight excluding hydrogens is 231 g/mol. The van der Waals surface area contributed by atoms with Crippen LogP contribution >= 0.6 is 11.8 Å². The second kappa shape index (κ2) is 4.84. The molecule has 1 saturated heterocycles. The fourth-order valence-electron chi connectivity index (χ4n) is 1.51. The van der Waals surface area contributed by atoms with Gasteiger partial charge in [0.25, 0.3) is 0 Å². The monoisotopic (exact) mass is 242 g/mol. The average molecular weight is 242 g/mol. The van der Waals surface area contributed by atoms with Gasteiger partial charge in [-0.25, -0.2) is 9.18 Å². The van der Waals surface area contributed by atoms with Crippen molar-refractivity contribution in [2.75, 3.05) is 13.2 Å². The second-order valence-corrected chi connectivity index (χ2v) is 4.90. The lowest BCUT2D eigenvalue weighted by molar-refractivity contribution is 0.0696. The maximum atomic E-state index is 13.4. The van der Waals surface area contributed by atoms with Crippen molar-refractivity contribution in [2.45, 2.75) is 16.6 Å². The molecule has 1 fully saturated rings. The Kier molecular flexibility index (Phi) is 3.46. The van der Waals surface area contributed by atoms with E-state index in [4.69, 9.17) is 9.84 Å². The van der Waals surface area contributed by atoms with Gasteiger partial charge in [-0.15, -0.1) is 11.8 Å². The number of carboxylic acid groups (broad SMARTS) is 1. The fourth-order valence-corrected chi connectivity index (χ4v) is 2.63. The summed E-state index contributed by atoms with van der Waals surface area (Å²) in [5, 5.41) is 9.03. The third-order valence-corrected chi connectivity index (χ3v) is 3.63. The van der Waals surface area contributed by atoms with Crippen molar-refractivity contribution in [3.05, 3.63) is 29.6 Å². The quantitative estimate of drug-likeness (QED) is 0.884. The maximum absolute atomic E-state index is 13.4. The third-order valence-electron chi connectivity index (χ3n) is 2.36. The summed E-state index contributed by atoms with van der Waals surface area (Å²) >= 11 is 1.35. The first kappa shape index (κ1) is 11.4. The minimum absolute atomic E-state index is 0.114.